The summed E-state index contributed by atoms with van der Waals surface area (Å²) in [6.07, 6.45) is 2.51. The Morgan fingerprint density at radius 2 is 2.33 bits per heavy atom. The van der Waals surface area contributed by atoms with Crippen molar-refractivity contribution in [3.63, 3.8) is 0 Å². The summed E-state index contributed by atoms with van der Waals surface area (Å²) in [7, 11) is 4.23. The number of ketones is 1. The molecule has 15 heavy (non-hydrogen) atoms. The van der Waals surface area contributed by atoms with E-state index in [0.29, 0.717) is 6.42 Å². The first-order chi connectivity index (χ1) is 7.05. The molecule has 0 fully saturated rings. The topological polar surface area (TPSA) is 17.1 Å². The summed E-state index contributed by atoms with van der Waals surface area (Å²) < 4.78 is 0.820. The highest BCUT2D eigenvalue weighted by Gasteiger charge is 2.16. The second kappa shape index (κ2) is 5.24. The van der Waals surface area contributed by atoms with Crippen LogP contribution in [0.25, 0.3) is 0 Å². The van der Waals surface area contributed by atoms with Crippen molar-refractivity contribution >= 4 is 17.1 Å². The SMILES string of the molecule is C=CC[N+](C)(C)CCC(=O)c1cccs1. The van der Waals surface area contributed by atoms with Crippen LogP contribution >= 0.6 is 11.3 Å². The molecule has 0 N–H and O–H groups in total. The Hall–Kier alpha value is -0.930. The third kappa shape index (κ3) is 3.98. The van der Waals surface area contributed by atoms with Crippen molar-refractivity contribution in [3.8, 4) is 0 Å². The van der Waals surface area contributed by atoms with Gasteiger partial charge in [0.1, 0.15) is 0 Å². The maximum atomic E-state index is 11.7. The molecule has 1 aromatic heterocycles. The summed E-state index contributed by atoms with van der Waals surface area (Å²) in [5.41, 5.74) is 0. The minimum atomic E-state index is 0.250. The van der Waals surface area contributed by atoms with Gasteiger partial charge < -0.3 is 4.48 Å². The molecule has 1 rings (SSSR count). The number of hydrogen-bond acceptors (Lipinski definition) is 2. The molecule has 0 bridgehead atoms. The van der Waals surface area contributed by atoms with E-state index >= 15 is 0 Å². The summed E-state index contributed by atoms with van der Waals surface area (Å²) in [5.74, 6) is 0.250. The van der Waals surface area contributed by atoms with E-state index in [9.17, 15) is 4.79 Å². The minimum absolute atomic E-state index is 0.250. The van der Waals surface area contributed by atoms with Gasteiger partial charge in [-0.1, -0.05) is 12.6 Å². The van der Waals surface area contributed by atoms with Crippen molar-refractivity contribution in [2.24, 2.45) is 0 Å². The van der Waals surface area contributed by atoms with E-state index in [-0.39, 0.29) is 5.78 Å². The summed E-state index contributed by atoms with van der Waals surface area (Å²) in [6, 6.07) is 3.81. The normalized spacial score (nSPS) is 11.3. The molecule has 0 aliphatic carbocycles. The Kier molecular flexibility index (Phi) is 4.24. The fourth-order valence-corrected chi connectivity index (χ4v) is 2.10. The smallest absolute Gasteiger partial charge is 0.178 e. The maximum Gasteiger partial charge on any atom is 0.178 e. The van der Waals surface area contributed by atoms with E-state index in [0.717, 1.165) is 22.4 Å². The first-order valence-electron chi connectivity index (χ1n) is 5.05. The Labute approximate surface area is 95.4 Å². The van der Waals surface area contributed by atoms with E-state index in [1.165, 1.54) is 11.3 Å². The quantitative estimate of drug-likeness (QED) is 0.412. The Balaban J connectivity index is 2.44. The van der Waals surface area contributed by atoms with Gasteiger partial charge in [0.25, 0.3) is 0 Å². The average molecular weight is 224 g/mol. The zero-order valence-electron chi connectivity index (χ0n) is 9.40. The second-order valence-corrected chi connectivity index (χ2v) is 5.23. The van der Waals surface area contributed by atoms with Gasteiger partial charge in [0.2, 0.25) is 0 Å². The molecule has 3 heteroatoms. The fourth-order valence-electron chi connectivity index (χ4n) is 1.41. The summed E-state index contributed by atoms with van der Waals surface area (Å²) in [5, 5.41) is 1.94. The number of Topliss-reactive ketones (excluding diaryl/α,β-unsaturated/α-hetero) is 1. The highest BCUT2D eigenvalue weighted by atomic mass is 32.1. The van der Waals surface area contributed by atoms with Crippen molar-refractivity contribution in [3.05, 3.63) is 35.0 Å². The third-order valence-electron chi connectivity index (χ3n) is 2.36. The lowest BCUT2D eigenvalue weighted by Crippen LogP contribution is -2.41. The molecular weight excluding hydrogens is 206 g/mol. The number of carbonyl (C=O) groups excluding carboxylic acids is 1. The fraction of sp³-hybridized carbons (Fsp3) is 0.417. The number of quaternary nitrogens is 1. The molecule has 0 aromatic carbocycles. The highest BCUT2D eigenvalue weighted by Crippen LogP contribution is 2.12. The molecule has 0 unspecified atom stereocenters. The van der Waals surface area contributed by atoms with Crippen molar-refractivity contribution in [1.29, 1.82) is 0 Å². The highest BCUT2D eigenvalue weighted by molar-refractivity contribution is 7.12. The predicted molar refractivity (Wildman–Crippen MR) is 65.3 cm³/mol. The first-order valence-corrected chi connectivity index (χ1v) is 5.93. The van der Waals surface area contributed by atoms with Crippen molar-refractivity contribution in [2.45, 2.75) is 6.42 Å². The summed E-state index contributed by atoms with van der Waals surface area (Å²) in [4.78, 5) is 12.6. The number of thiophene rings is 1. The molecule has 0 radical (unpaired) electrons. The molecule has 82 valence electrons. The van der Waals surface area contributed by atoms with Crippen LogP contribution < -0.4 is 0 Å². The van der Waals surface area contributed by atoms with Crippen LogP contribution in [0.5, 0.6) is 0 Å². The molecule has 0 aliphatic heterocycles. The molecular formula is C12H18NOS+. The number of likely N-dealkylation sites (N-methyl/N-ethyl adjacent to an activating group) is 1. The van der Waals surface area contributed by atoms with Crippen molar-refractivity contribution < 1.29 is 9.28 Å². The van der Waals surface area contributed by atoms with Crippen LogP contribution in [-0.4, -0.2) is 37.5 Å². The van der Waals surface area contributed by atoms with Crippen LogP contribution in [-0.2, 0) is 0 Å². The largest absolute Gasteiger partial charge is 0.325 e. The lowest BCUT2D eigenvalue weighted by atomic mass is 10.2. The summed E-state index contributed by atoms with van der Waals surface area (Å²) >= 11 is 1.52. The Bertz CT molecular complexity index is 327. The van der Waals surface area contributed by atoms with E-state index in [1.54, 1.807) is 0 Å². The van der Waals surface area contributed by atoms with Crippen LogP contribution in [0.2, 0.25) is 0 Å². The average Bonchev–Trinajstić information content (AvgIpc) is 2.67. The molecule has 0 saturated carbocycles. The second-order valence-electron chi connectivity index (χ2n) is 4.28. The van der Waals surface area contributed by atoms with Crippen molar-refractivity contribution in [2.75, 3.05) is 27.2 Å². The van der Waals surface area contributed by atoms with Crippen LogP contribution in [0.15, 0.2) is 30.2 Å². The van der Waals surface area contributed by atoms with Gasteiger partial charge >= 0.3 is 0 Å². The molecule has 1 aromatic rings. The van der Waals surface area contributed by atoms with Gasteiger partial charge in [0.15, 0.2) is 5.78 Å². The van der Waals surface area contributed by atoms with Gasteiger partial charge in [-0.3, -0.25) is 4.79 Å². The molecule has 0 aliphatic rings. The third-order valence-corrected chi connectivity index (χ3v) is 3.27. The lowest BCUT2D eigenvalue weighted by molar-refractivity contribution is -0.883. The van der Waals surface area contributed by atoms with E-state index in [2.05, 4.69) is 20.7 Å². The monoisotopic (exact) mass is 224 g/mol. The van der Waals surface area contributed by atoms with E-state index in [1.807, 2.05) is 23.6 Å². The number of rotatable bonds is 6. The number of nitrogens with zero attached hydrogens (tertiary/aromatic N) is 1. The molecule has 0 spiro atoms. The minimum Gasteiger partial charge on any atom is -0.325 e. The van der Waals surface area contributed by atoms with Gasteiger partial charge in [-0.15, -0.1) is 11.3 Å². The maximum absolute atomic E-state index is 11.7. The van der Waals surface area contributed by atoms with Crippen LogP contribution in [0, 0.1) is 0 Å². The lowest BCUT2D eigenvalue weighted by Gasteiger charge is -2.27. The van der Waals surface area contributed by atoms with Gasteiger partial charge in [-0.05, 0) is 17.5 Å². The van der Waals surface area contributed by atoms with Crippen molar-refractivity contribution in [1.82, 2.24) is 0 Å². The van der Waals surface area contributed by atoms with E-state index in [4.69, 9.17) is 0 Å². The molecule has 1 heterocycles. The standard InChI is InChI=1S/C12H18NOS/c1-4-8-13(2,3)9-7-11(14)12-6-5-10-15-12/h4-6,10H,1,7-9H2,2-3H3/q+1. The predicted octanol–water partition coefficient (Wildman–Crippen LogP) is 2.58. The molecule has 2 nitrogen and oxygen atoms in total. The first kappa shape index (κ1) is 12.1. The van der Waals surface area contributed by atoms with Gasteiger partial charge in [0, 0.05) is 0 Å². The summed E-state index contributed by atoms with van der Waals surface area (Å²) in [6.45, 7) is 5.49. The van der Waals surface area contributed by atoms with Crippen LogP contribution in [0.3, 0.4) is 0 Å². The zero-order valence-corrected chi connectivity index (χ0v) is 10.2. The van der Waals surface area contributed by atoms with Crippen LogP contribution in [0.4, 0.5) is 0 Å². The van der Waals surface area contributed by atoms with Gasteiger partial charge in [-0.25, -0.2) is 0 Å². The molecule has 0 atom stereocenters. The van der Waals surface area contributed by atoms with Gasteiger partial charge in [0.05, 0.1) is 38.5 Å². The number of hydrogen-bond donors (Lipinski definition) is 0. The van der Waals surface area contributed by atoms with Gasteiger partial charge in [-0.2, -0.15) is 0 Å². The Morgan fingerprint density at radius 1 is 1.60 bits per heavy atom. The molecule has 0 saturated heterocycles. The van der Waals surface area contributed by atoms with Crippen LogP contribution in [0.1, 0.15) is 16.1 Å². The Morgan fingerprint density at radius 3 is 2.87 bits per heavy atom. The number of carbonyl (C=O) groups is 1. The van der Waals surface area contributed by atoms with E-state index < -0.39 is 0 Å². The molecule has 0 amide bonds. The zero-order chi connectivity index (χ0) is 11.3.